The van der Waals surface area contributed by atoms with Gasteiger partial charge in [-0.3, -0.25) is 20.2 Å². The molecular formula is C10H11ClN2O6. The first kappa shape index (κ1) is 15.3. The summed E-state index contributed by atoms with van der Waals surface area (Å²) in [5.74, 6) is 0. The van der Waals surface area contributed by atoms with E-state index in [0.29, 0.717) is 0 Å². The van der Waals surface area contributed by atoms with Crippen LogP contribution >= 0.6 is 11.6 Å². The van der Waals surface area contributed by atoms with E-state index in [-0.39, 0.29) is 5.02 Å². The second-order valence-electron chi connectivity index (χ2n) is 3.37. The lowest BCUT2D eigenvalue weighted by Gasteiger charge is -2.09. The summed E-state index contributed by atoms with van der Waals surface area (Å²) in [5, 5.41) is 20.7. The highest BCUT2D eigenvalue weighted by molar-refractivity contribution is 6.30. The van der Waals surface area contributed by atoms with E-state index in [2.05, 4.69) is 0 Å². The van der Waals surface area contributed by atoms with Crippen LogP contribution in [0, 0.1) is 20.2 Å². The predicted molar refractivity (Wildman–Crippen MR) is 66.4 cm³/mol. The fourth-order valence-corrected chi connectivity index (χ4v) is 1.40. The number of benzene rings is 1. The van der Waals surface area contributed by atoms with Crippen molar-refractivity contribution in [2.75, 3.05) is 26.4 Å². The van der Waals surface area contributed by atoms with Gasteiger partial charge in [-0.1, -0.05) is 11.6 Å². The van der Waals surface area contributed by atoms with Crippen LogP contribution in [-0.4, -0.2) is 36.3 Å². The van der Waals surface area contributed by atoms with Gasteiger partial charge in [0.15, 0.2) is 0 Å². The molecule has 1 fully saturated rings. The molecule has 1 aromatic rings. The molecule has 19 heavy (non-hydrogen) atoms. The molecule has 0 radical (unpaired) electrons. The Morgan fingerprint density at radius 1 is 0.947 bits per heavy atom. The molecule has 104 valence electrons. The molecule has 9 heteroatoms. The third-order valence-corrected chi connectivity index (χ3v) is 2.31. The van der Waals surface area contributed by atoms with Crippen molar-refractivity contribution in [2.45, 2.75) is 0 Å². The molecule has 0 spiro atoms. The number of rotatable bonds is 2. The molecule has 0 aromatic heterocycles. The van der Waals surface area contributed by atoms with Gasteiger partial charge < -0.3 is 9.47 Å². The Balaban J connectivity index is 0.000000250. The number of hydrogen-bond donors (Lipinski definition) is 0. The van der Waals surface area contributed by atoms with E-state index in [1.165, 1.54) is 6.07 Å². The summed E-state index contributed by atoms with van der Waals surface area (Å²) in [6, 6.07) is 3.17. The normalized spacial score (nSPS) is 14.2. The van der Waals surface area contributed by atoms with Gasteiger partial charge in [0.25, 0.3) is 0 Å². The van der Waals surface area contributed by atoms with Gasteiger partial charge in [-0.05, 0) is 6.07 Å². The van der Waals surface area contributed by atoms with Gasteiger partial charge >= 0.3 is 11.4 Å². The lowest BCUT2D eigenvalue weighted by atomic mass is 10.3. The van der Waals surface area contributed by atoms with E-state index in [4.69, 9.17) is 21.1 Å². The number of ether oxygens (including phenoxy) is 2. The van der Waals surface area contributed by atoms with Crippen molar-refractivity contribution in [3.63, 3.8) is 0 Å². The van der Waals surface area contributed by atoms with Crippen LogP contribution in [0.3, 0.4) is 0 Å². The summed E-state index contributed by atoms with van der Waals surface area (Å²) in [4.78, 5) is 18.9. The van der Waals surface area contributed by atoms with Crippen molar-refractivity contribution in [1.82, 2.24) is 0 Å². The smallest absolute Gasteiger partial charge is 0.347 e. The minimum Gasteiger partial charge on any atom is -0.377 e. The van der Waals surface area contributed by atoms with E-state index >= 15 is 0 Å². The fraction of sp³-hybridized carbons (Fsp3) is 0.400. The number of nitrogens with zero attached hydrogens (tertiary/aromatic N) is 2. The molecule has 1 aromatic carbocycles. The summed E-state index contributed by atoms with van der Waals surface area (Å²) in [7, 11) is 0. The standard InChI is InChI=1S/C6H3ClN2O4.C4H8O2/c7-4-1-2-5(8(10)11)6(3-4)9(12)13;1-2-6-4-3-5-1/h1-3H;1-4H2. The first-order valence-corrected chi connectivity index (χ1v) is 5.64. The van der Waals surface area contributed by atoms with E-state index in [1.807, 2.05) is 0 Å². The maximum atomic E-state index is 10.3. The van der Waals surface area contributed by atoms with Crippen LogP contribution in [0.25, 0.3) is 0 Å². The monoisotopic (exact) mass is 290 g/mol. The molecular weight excluding hydrogens is 280 g/mol. The lowest BCUT2D eigenvalue weighted by molar-refractivity contribution is -0.422. The molecule has 2 rings (SSSR count). The SMILES string of the molecule is C1COCCO1.O=[N+]([O-])c1ccc(Cl)cc1[N+](=O)[O-]. The molecule has 1 heterocycles. The zero-order valence-corrected chi connectivity index (χ0v) is 10.5. The van der Waals surface area contributed by atoms with Crippen molar-refractivity contribution in [1.29, 1.82) is 0 Å². The van der Waals surface area contributed by atoms with Crippen LogP contribution in [-0.2, 0) is 9.47 Å². The van der Waals surface area contributed by atoms with Crippen LogP contribution in [0.4, 0.5) is 11.4 Å². The number of halogens is 1. The summed E-state index contributed by atoms with van der Waals surface area (Å²) < 4.78 is 9.89. The molecule has 0 aliphatic carbocycles. The van der Waals surface area contributed by atoms with Gasteiger partial charge in [0, 0.05) is 17.2 Å². The van der Waals surface area contributed by atoms with Crippen molar-refractivity contribution in [3.05, 3.63) is 43.5 Å². The fourth-order valence-electron chi connectivity index (χ4n) is 1.24. The maximum absolute atomic E-state index is 10.3. The molecule has 8 nitrogen and oxygen atoms in total. The molecule has 0 amide bonds. The van der Waals surface area contributed by atoms with Crippen molar-refractivity contribution >= 4 is 23.0 Å². The van der Waals surface area contributed by atoms with E-state index in [9.17, 15) is 20.2 Å². The van der Waals surface area contributed by atoms with E-state index in [1.54, 1.807) is 0 Å². The van der Waals surface area contributed by atoms with Gasteiger partial charge in [-0.15, -0.1) is 0 Å². The Hall–Kier alpha value is -1.77. The van der Waals surface area contributed by atoms with Gasteiger partial charge in [-0.2, -0.15) is 0 Å². The van der Waals surface area contributed by atoms with Gasteiger partial charge in [0.1, 0.15) is 0 Å². The van der Waals surface area contributed by atoms with E-state index in [0.717, 1.165) is 38.6 Å². The van der Waals surface area contributed by atoms with Crippen LogP contribution in [0.1, 0.15) is 0 Å². The lowest BCUT2D eigenvalue weighted by Crippen LogP contribution is -2.16. The Morgan fingerprint density at radius 3 is 1.79 bits per heavy atom. The van der Waals surface area contributed by atoms with Gasteiger partial charge in [0.05, 0.1) is 36.3 Å². The molecule has 1 aliphatic rings. The maximum Gasteiger partial charge on any atom is 0.347 e. The number of nitro benzene ring substituents is 2. The van der Waals surface area contributed by atoms with Crippen LogP contribution in [0.5, 0.6) is 0 Å². The van der Waals surface area contributed by atoms with Gasteiger partial charge in [0.2, 0.25) is 0 Å². The zero-order chi connectivity index (χ0) is 14.3. The number of nitro groups is 2. The molecule has 0 bridgehead atoms. The Morgan fingerprint density at radius 2 is 1.42 bits per heavy atom. The number of hydrogen-bond acceptors (Lipinski definition) is 6. The predicted octanol–water partition coefficient (Wildman–Crippen LogP) is 2.19. The van der Waals surface area contributed by atoms with Crippen molar-refractivity contribution < 1.29 is 19.3 Å². The molecule has 0 saturated carbocycles. The topological polar surface area (TPSA) is 105 Å². The second-order valence-corrected chi connectivity index (χ2v) is 3.81. The van der Waals surface area contributed by atoms with Crippen molar-refractivity contribution in [3.8, 4) is 0 Å². The van der Waals surface area contributed by atoms with Crippen LogP contribution in [0.15, 0.2) is 18.2 Å². The highest BCUT2D eigenvalue weighted by Gasteiger charge is 2.23. The largest absolute Gasteiger partial charge is 0.377 e. The highest BCUT2D eigenvalue weighted by Crippen LogP contribution is 2.29. The molecule has 1 aliphatic heterocycles. The minimum atomic E-state index is -0.843. The minimum absolute atomic E-state index is 0.0947. The third kappa shape index (κ3) is 5.16. The molecule has 0 unspecified atom stereocenters. The second kappa shape index (κ2) is 7.62. The summed E-state index contributed by atoms with van der Waals surface area (Å²) in [6.07, 6.45) is 0. The Kier molecular flexibility index (Phi) is 6.13. The summed E-state index contributed by atoms with van der Waals surface area (Å²) >= 11 is 5.44. The highest BCUT2D eigenvalue weighted by atomic mass is 35.5. The molecule has 0 atom stereocenters. The first-order valence-electron chi connectivity index (χ1n) is 5.26. The Labute approximate surface area is 113 Å². The van der Waals surface area contributed by atoms with Crippen LogP contribution < -0.4 is 0 Å². The quantitative estimate of drug-likeness (QED) is 0.610. The average Bonchev–Trinajstić information content (AvgIpc) is 2.41. The molecule has 0 N–H and O–H groups in total. The van der Waals surface area contributed by atoms with Crippen molar-refractivity contribution in [2.24, 2.45) is 0 Å². The first-order chi connectivity index (χ1) is 9.02. The summed E-state index contributed by atoms with van der Waals surface area (Å²) in [5.41, 5.74) is -1.16. The van der Waals surface area contributed by atoms with Crippen LogP contribution in [0.2, 0.25) is 5.02 Å². The Bertz CT molecular complexity index is 452. The van der Waals surface area contributed by atoms with E-state index < -0.39 is 21.2 Å². The third-order valence-electron chi connectivity index (χ3n) is 2.07. The summed E-state index contributed by atoms with van der Waals surface area (Å²) in [6.45, 7) is 3.11. The zero-order valence-electron chi connectivity index (χ0n) is 9.78. The molecule has 1 saturated heterocycles. The average molecular weight is 291 g/mol. The van der Waals surface area contributed by atoms with Gasteiger partial charge in [-0.25, -0.2) is 0 Å².